The van der Waals surface area contributed by atoms with E-state index in [-0.39, 0.29) is 25.7 Å². The van der Waals surface area contributed by atoms with Crippen molar-refractivity contribution in [1.29, 1.82) is 0 Å². The van der Waals surface area contributed by atoms with Gasteiger partial charge in [0.15, 0.2) is 12.2 Å². The summed E-state index contributed by atoms with van der Waals surface area (Å²) in [5, 5.41) is 10.6. The average Bonchev–Trinajstić information content (AvgIpc) is 1.46. The van der Waals surface area contributed by atoms with Crippen LogP contribution in [0, 0.1) is 11.8 Å². The van der Waals surface area contributed by atoms with Crippen LogP contribution in [-0.4, -0.2) is 96.7 Å². The van der Waals surface area contributed by atoms with Crippen molar-refractivity contribution in [1.82, 2.24) is 0 Å². The van der Waals surface area contributed by atoms with Crippen LogP contribution in [0.5, 0.6) is 0 Å². The van der Waals surface area contributed by atoms with E-state index in [9.17, 15) is 43.2 Å². The van der Waals surface area contributed by atoms with Gasteiger partial charge in [0.25, 0.3) is 0 Å². The minimum atomic E-state index is -4.96. The highest BCUT2D eigenvalue weighted by Gasteiger charge is 2.30. The zero-order valence-corrected chi connectivity index (χ0v) is 64.5. The molecule has 0 rings (SSSR count). The highest BCUT2D eigenvalue weighted by atomic mass is 31.2. The summed E-state index contributed by atoms with van der Waals surface area (Å²) in [6, 6.07) is 0. The summed E-state index contributed by atoms with van der Waals surface area (Å²) in [6.45, 7) is 9.63. The molecule has 3 unspecified atom stereocenters. The molecule has 6 atom stereocenters. The molecule has 0 heterocycles. The fourth-order valence-electron chi connectivity index (χ4n) is 11.8. The number of aliphatic hydroxyl groups excluding tert-OH is 1. The summed E-state index contributed by atoms with van der Waals surface area (Å²) in [4.78, 5) is 72.9. The molecule has 0 aromatic carbocycles. The predicted molar refractivity (Wildman–Crippen MR) is 391 cm³/mol. The van der Waals surface area contributed by atoms with Gasteiger partial charge in [-0.2, -0.15) is 0 Å². The minimum absolute atomic E-state index is 0.108. The fraction of sp³-hybridized carbons (Fsp3) is 0.948. The van der Waals surface area contributed by atoms with Crippen LogP contribution in [-0.2, 0) is 65.4 Å². The number of hydrogen-bond donors (Lipinski definition) is 3. The van der Waals surface area contributed by atoms with Crippen LogP contribution < -0.4 is 0 Å². The molecular weight excluding hydrogens is 1260 g/mol. The summed E-state index contributed by atoms with van der Waals surface area (Å²) in [6.07, 6.45) is 56.6. The molecule has 0 radical (unpaired) electrons. The SMILES string of the molecule is CCCCCCCCCCCCCCCCC(=O)OC[C@H](COP(=O)(O)OC[C@@H](O)COP(=O)(O)OC[C@@H](COC(=O)CCCCCCCCCCC(C)CC)OC(=O)CCCCCCCCCCCCCCCC)OC(=O)CCCCCCCCCCCCCCCC(C)C. The largest absolute Gasteiger partial charge is 0.472 e. The highest BCUT2D eigenvalue weighted by molar-refractivity contribution is 7.47. The number of carbonyl (C=O) groups is 4. The molecule has 0 aliphatic rings. The number of phosphoric ester groups is 2. The van der Waals surface area contributed by atoms with Gasteiger partial charge in [0.2, 0.25) is 0 Å². The molecule has 0 aromatic rings. The Morgan fingerprint density at radius 2 is 0.531 bits per heavy atom. The highest BCUT2D eigenvalue weighted by Crippen LogP contribution is 2.45. The quantitative estimate of drug-likeness (QED) is 0.0222. The Labute approximate surface area is 588 Å². The Morgan fingerprint density at radius 3 is 0.792 bits per heavy atom. The molecule has 17 nitrogen and oxygen atoms in total. The first kappa shape index (κ1) is 94.1. The third kappa shape index (κ3) is 69.2. The van der Waals surface area contributed by atoms with Crippen LogP contribution >= 0.6 is 15.6 Å². The molecule has 19 heteroatoms. The molecular formula is C77H150O17P2. The molecule has 0 saturated carbocycles. The second kappa shape index (κ2) is 68.8. The molecule has 0 aliphatic carbocycles. The van der Waals surface area contributed by atoms with Crippen molar-refractivity contribution in [2.24, 2.45) is 11.8 Å². The summed E-state index contributed by atoms with van der Waals surface area (Å²) in [5.74, 6) is -0.547. The van der Waals surface area contributed by atoms with Crippen molar-refractivity contribution < 1.29 is 80.2 Å². The third-order valence-electron chi connectivity index (χ3n) is 18.3. The molecule has 0 bridgehead atoms. The molecule has 570 valence electrons. The van der Waals surface area contributed by atoms with Gasteiger partial charge in [-0.25, -0.2) is 9.13 Å². The summed E-state index contributed by atoms with van der Waals surface area (Å²) in [5.41, 5.74) is 0. The second-order valence-corrected chi connectivity index (χ2v) is 31.4. The van der Waals surface area contributed by atoms with E-state index in [4.69, 9.17) is 37.0 Å². The van der Waals surface area contributed by atoms with E-state index in [2.05, 4.69) is 41.5 Å². The van der Waals surface area contributed by atoms with Crippen LogP contribution in [0.25, 0.3) is 0 Å². The first-order valence-corrected chi connectivity index (χ1v) is 43.0. The van der Waals surface area contributed by atoms with Crippen LogP contribution in [0.3, 0.4) is 0 Å². The number of phosphoric acid groups is 2. The molecule has 0 saturated heterocycles. The lowest BCUT2D eigenvalue weighted by molar-refractivity contribution is -0.161. The topological polar surface area (TPSA) is 237 Å². The smallest absolute Gasteiger partial charge is 0.462 e. The van der Waals surface area contributed by atoms with Crippen molar-refractivity contribution in [3.63, 3.8) is 0 Å². The van der Waals surface area contributed by atoms with Gasteiger partial charge in [0.05, 0.1) is 26.4 Å². The maximum Gasteiger partial charge on any atom is 0.472 e. The number of hydrogen-bond acceptors (Lipinski definition) is 15. The molecule has 0 aliphatic heterocycles. The number of ether oxygens (including phenoxy) is 4. The Morgan fingerprint density at radius 1 is 0.302 bits per heavy atom. The lowest BCUT2D eigenvalue weighted by atomic mass is 9.99. The van der Waals surface area contributed by atoms with Gasteiger partial charge in [-0.3, -0.25) is 37.3 Å². The maximum atomic E-state index is 13.1. The van der Waals surface area contributed by atoms with E-state index in [0.29, 0.717) is 25.7 Å². The van der Waals surface area contributed by atoms with E-state index in [1.54, 1.807) is 0 Å². The summed E-state index contributed by atoms with van der Waals surface area (Å²) in [7, 11) is -9.91. The first-order chi connectivity index (χ1) is 46.4. The van der Waals surface area contributed by atoms with Crippen molar-refractivity contribution in [3.05, 3.63) is 0 Å². The van der Waals surface area contributed by atoms with Gasteiger partial charge < -0.3 is 33.8 Å². The first-order valence-electron chi connectivity index (χ1n) is 40.0. The van der Waals surface area contributed by atoms with Crippen molar-refractivity contribution in [3.8, 4) is 0 Å². The zero-order chi connectivity index (χ0) is 70.7. The van der Waals surface area contributed by atoms with Crippen molar-refractivity contribution >= 4 is 39.5 Å². The van der Waals surface area contributed by atoms with Gasteiger partial charge in [-0.15, -0.1) is 0 Å². The van der Waals surface area contributed by atoms with Gasteiger partial charge in [0, 0.05) is 25.7 Å². The van der Waals surface area contributed by atoms with Crippen LogP contribution in [0.1, 0.15) is 401 Å². The third-order valence-corrected chi connectivity index (χ3v) is 20.2. The number of esters is 4. The van der Waals surface area contributed by atoms with Crippen molar-refractivity contribution in [2.45, 2.75) is 419 Å². The number of unbranched alkanes of at least 4 members (excludes halogenated alkanes) is 45. The van der Waals surface area contributed by atoms with Gasteiger partial charge in [-0.05, 0) is 37.5 Å². The van der Waals surface area contributed by atoms with E-state index in [1.165, 1.54) is 218 Å². The predicted octanol–water partition coefficient (Wildman–Crippen LogP) is 22.7. The van der Waals surface area contributed by atoms with Crippen LogP contribution in [0.2, 0.25) is 0 Å². The molecule has 0 aromatic heterocycles. The average molecular weight is 1410 g/mol. The van der Waals surface area contributed by atoms with Gasteiger partial charge in [0.1, 0.15) is 19.3 Å². The fourth-order valence-corrected chi connectivity index (χ4v) is 13.4. The summed E-state index contributed by atoms with van der Waals surface area (Å²) >= 11 is 0. The maximum absolute atomic E-state index is 13.1. The van der Waals surface area contributed by atoms with Crippen LogP contribution in [0.15, 0.2) is 0 Å². The van der Waals surface area contributed by atoms with Crippen molar-refractivity contribution in [2.75, 3.05) is 39.6 Å². The Bertz CT molecular complexity index is 1860. The zero-order valence-electron chi connectivity index (χ0n) is 62.7. The van der Waals surface area contributed by atoms with Gasteiger partial charge >= 0.3 is 39.5 Å². The normalized spacial score (nSPS) is 14.3. The molecule has 96 heavy (non-hydrogen) atoms. The molecule has 0 fully saturated rings. The minimum Gasteiger partial charge on any atom is -0.462 e. The number of carbonyl (C=O) groups excluding carboxylic acids is 4. The molecule has 0 spiro atoms. The van der Waals surface area contributed by atoms with E-state index in [1.807, 2.05) is 0 Å². The number of rotatable bonds is 76. The number of aliphatic hydroxyl groups is 1. The summed E-state index contributed by atoms with van der Waals surface area (Å²) < 4.78 is 68.6. The Kier molecular flexibility index (Phi) is 67.4. The molecule has 0 amide bonds. The van der Waals surface area contributed by atoms with Gasteiger partial charge in [-0.1, -0.05) is 350 Å². The van der Waals surface area contributed by atoms with E-state index >= 15 is 0 Å². The lowest BCUT2D eigenvalue weighted by Crippen LogP contribution is -2.30. The van der Waals surface area contributed by atoms with E-state index in [0.717, 1.165) is 102 Å². The monoisotopic (exact) mass is 1410 g/mol. The second-order valence-electron chi connectivity index (χ2n) is 28.5. The standard InChI is InChI=1S/C77H150O17P2/c1-7-10-12-14-16-18-20-22-26-30-34-41-47-53-59-74(79)87-65-72(93-77(82)62-56-50-44-36-32-28-24-25-29-33-39-45-51-57-69(4)5)67-91-95(83,84)89-63-71(78)64-90-96(85,86)92-68-73(66-88-75(80)60-54-48-42-38-37-40-46-52-58-70(6)9-3)94-76(81)61-55-49-43-35-31-27-23-21-19-17-15-13-11-8-2/h69-73,78H,7-68H2,1-6H3,(H,83,84)(H,85,86)/t70?,71-,72-,73-/m1/s1. The van der Waals surface area contributed by atoms with E-state index < -0.39 is 97.5 Å². The lowest BCUT2D eigenvalue weighted by Gasteiger charge is -2.21. The Hall–Kier alpha value is -1.94. The Balaban J connectivity index is 5.27. The molecule has 3 N–H and O–H groups in total. The van der Waals surface area contributed by atoms with Crippen LogP contribution in [0.4, 0.5) is 0 Å².